The van der Waals surface area contributed by atoms with Gasteiger partial charge in [0.15, 0.2) is 17.5 Å². The summed E-state index contributed by atoms with van der Waals surface area (Å²) >= 11 is 0. The molecular weight excluding hydrogens is 811 g/mol. The van der Waals surface area contributed by atoms with Crippen LogP contribution in [0.2, 0.25) is 0 Å². The lowest BCUT2D eigenvalue weighted by Gasteiger charge is -2.33. The molecule has 0 atom stereocenters. The van der Waals surface area contributed by atoms with Gasteiger partial charge >= 0.3 is 0 Å². The smallest absolute Gasteiger partial charge is 0.164 e. The summed E-state index contributed by atoms with van der Waals surface area (Å²) in [5.41, 5.74) is 14.7. The number of fused-ring (bicyclic) bond motifs is 9. The Kier molecular flexibility index (Phi) is 9.07. The van der Waals surface area contributed by atoms with Crippen LogP contribution >= 0.6 is 0 Å². The van der Waals surface area contributed by atoms with Gasteiger partial charge in [-0.2, -0.15) is 0 Å². The molecule has 0 fully saturated rings. The lowest BCUT2D eigenvalue weighted by molar-refractivity contribution is 0.768. The average molecular weight is 852 g/mol. The van der Waals surface area contributed by atoms with E-state index < -0.39 is 5.41 Å². The van der Waals surface area contributed by atoms with Crippen molar-refractivity contribution in [2.24, 2.45) is 0 Å². The van der Waals surface area contributed by atoms with Crippen molar-refractivity contribution < 1.29 is 0 Å². The van der Waals surface area contributed by atoms with Gasteiger partial charge in [0.1, 0.15) is 0 Å². The first-order chi connectivity index (χ1) is 33.2. The quantitative estimate of drug-likeness (QED) is 0.150. The van der Waals surface area contributed by atoms with E-state index in [1.54, 1.807) is 0 Å². The Bertz CT molecular complexity index is 3790. The van der Waals surface area contributed by atoms with Gasteiger partial charge in [-0.05, 0) is 94.7 Å². The SMILES string of the molecule is c1ccc(-c2ccc(-c3nc(-c4ccccc4)nc(-c4cccc5c6ccccc6c6cc(-c7ccc8c(c7)-c7ccccc7C8(c7ccccc7)c7ccccc7)ccc6c45)n3)cc2)cc1. The van der Waals surface area contributed by atoms with Gasteiger partial charge in [-0.1, -0.05) is 237 Å². The molecule has 0 bridgehead atoms. The molecule has 3 heteroatoms. The van der Waals surface area contributed by atoms with Gasteiger partial charge < -0.3 is 0 Å². The predicted molar refractivity (Wildman–Crippen MR) is 277 cm³/mol. The summed E-state index contributed by atoms with van der Waals surface area (Å²) in [4.78, 5) is 15.6. The van der Waals surface area contributed by atoms with Crippen molar-refractivity contribution in [1.82, 2.24) is 15.0 Å². The van der Waals surface area contributed by atoms with Crippen LogP contribution in [0.4, 0.5) is 0 Å². The molecule has 3 nitrogen and oxygen atoms in total. The summed E-state index contributed by atoms with van der Waals surface area (Å²) in [6.07, 6.45) is 0. The summed E-state index contributed by atoms with van der Waals surface area (Å²) in [5.74, 6) is 1.91. The molecule has 0 aliphatic heterocycles. The number of aromatic nitrogens is 3. The van der Waals surface area contributed by atoms with Crippen LogP contribution in [0.3, 0.4) is 0 Å². The molecule has 11 aromatic carbocycles. The molecule has 13 rings (SSSR count). The van der Waals surface area contributed by atoms with Crippen molar-refractivity contribution >= 4 is 32.3 Å². The molecule has 1 aliphatic rings. The van der Waals surface area contributed by atoms with Crippen LogP contribution < -0.4 is 0 Å². The number of rotatable bonds is 7. The molecule has 1 aliphatic carbocycles. The van der Waals surface area contributed by atoms with Gasteiger partial charge in [-0.15, -0.1) is 0 Å². The fraction of sp³-hybridized carbons (Fsp3) is 0.0156. The van der Waals surface area contributed by atoms with Crippen LogP contribution in [-0.4, -0.2) is 15.0 Å². The zero-order chi connectivity index (χ0) is 44.3. The van der Waals surface area contributed by atoms with Crippen LogP contribution in [0.15, 0.2) is 249 Å². The van der Waals surface area contributed by atoms with Crippen LogP contribution in [0.1, 0.15) is 22.3 Å². The highest BCUT2D eigenvalue weighted by Gasteiger charge is 2.46. The molecule has 0 N–H and O–H groups in total. The summed E-state index contributed by atoms with van der Waals surface area (Å²) in [5, 5.41) is 7.03. The molecule has 0 unspecified atom stereocenters. The average Bonchev–Trinajstić information content (AvgIpc) is 3.72. The number of hydrogen-bond donors (Lipinski definition) is 0. The van der Waals surface area contributed by atoms with Crippen LogP contribution in [0.25, 0.3) is 99.9 Å². The van der Waals surface area contributed by atoms with Crippen molar-refractivity contribution in [1.29, 1.82) is 0 Å². The Morgan fingerprint density at radius 3 is 1.36 bits per heavy atom. The monoisotopic (exact) mass is 851 g/mol. The second kappa shape index (κ2) is 15.7. The molecule has 0 saturated carbocycles. The first-order valence-electron chi connectivity index (χ1n) is 22.9. The maximum Gasteiger partial charge on any atom is 0.164 e. The predicted octanol–water partition coefficient (Wildman–Crippen LogP) is 16.0. The Balaban J connectivity index is 0.998. The lowest BCUT2D eigenvalue weighted by atomic mass is 9.67. The molecule has 12 aromatic rings. The molecule has 67 heavy (non-hydrogen) atoms. The third-order valence-corrected chi connectivity index (χ3v) is 13.8. The minimum atomic E-state index is -0.442. The first-order valence-corrected chi connectivity index (χ1v) is 22.9. The fourth-order valence-electron chi connectivity index (χ4n) is 10.8. The van der Waals surface area contributed by atoms with E-state index in [0.717, 1.165) is 38.4 Å². The van der Waals surface area contributed by atoms with Crippen molar-refractivity contribution in [2.45, 2.75) is 5.41 Å². The molecule has 1 aromatic heterocycles. The van der Waals surface area contributed by atoms with E-state index in [1.807, 2.05) is 24.3 Å². The summed E-state index contributed by atoms with van der Waals surface area (Å²) in [7, 11) is 0. The lowest BCUT2D eigenvalue weighted by Crippen LogP contribution is -2.28. The van der Waals surface area contributed by atoms with Crippen molar-refractivity contribution in [2.75, 3.05) is 0 Å². The van der Waals surface area contributed by atoms with Crippen LogP contribution in [0.5, 0.6) is 0 Å². The first kappa shape index (κ1) is 38.6. The zero-order valence-electron chi connectivity index (χ0n) is 36.5. The minimum absolute atomic E-state index is 0.442. The van der Waals surface area contributed by atoms with E-state index in [2.05, 4.69) is 224 Å². The van der Waals surface area contributed by atoms with Crippen LogP contribution in [-0.2, 0) is 5.41 Å². The third-order valence-electron chi connectivity index (χ3n) is 13.8. The molecule has 1 heterocycles. The van der Waals surface area contributed by atoms with Gasteiger partial charge in [-0.3, -0.25) is 0 Å². The van der Waals surface area contributed by atoms with Crippen molar-refractivity contribution in [3.05, 3.63) is 271 Å². The van der Waals surface area contributed by atoms with Crippen LogP contribution in [0, 0.1) is 0 Å². The summed E-state index contributed by atoms with van der Waals surface area (Å²) in [6, 6.07) is 89.6. The molecular formula is C64H41N3. The molecule has 0 amide bonds. The standard InChI is InChI=1S/C64H41N3/c1-5-18-42(19-6-1)43-32-34-45(35-33-43)62-65-61(44-20-7-2-8-21-44)66-63(67-62)55-30-17-29-53-50-26-13-14-27-51(50)56-40-46(36-38-54(56)60(53)55)47-37-39-59-57(41-47)52-28-15-16-31-58(52)64(59,48-22-9-3-10-23-48)49-24-11-4-12-25-49/h1-41H. The van der Waals surface area contributed by atoms with E-state index in [-0.39, 0.29) is 0 Å². The normalized spacial score (nSPS) is 12.6. The number of hydrogen-bond acceptors (Lipinski definition) is 3. The minimum Gasteiger partial charge on any atom is -0.208 e. The Labute approximate surface area is 389 Å². The Hall–Kier alpha value is -8.79. The van der Waals surface area contributed by atoms with Gasteiger partial charge in [0, 0.05) is 22.1 Å². The van der Waals surface area contributed by atoms with Crippen molar-refractivity contribution in [3.63, 3.8) is 0 Å². The summed E-state index contributed by atoms with van der Waals surface area (Å²) < 4.78 is 0. The second-order valence-electron chi connectivity index (χ2n) is 17.4. The number of nitrogens with zero attached hydrogens (tertiary/aromatic N) is 3. The zero-order valence-corrected chi connectivity index (χ0v) is 36.5. The summed E-state index contributed by atoms with van der Waals surface area (Å²) in [6.45, 7) is 0. The van der Waals surface area contributed by atoms with Crippen molar-refractivity contribution in [3.8, 4) is 67.5 Å². The highest BCUT2D eigenvalue weighted by molar-refractivity contribution is 6.28. The topological polar surface area (TPSA) is 38.7 Å². The maximum absolute atomic E-state index is 5.29. The van der Waals surface area contributed by atoms with Gasteiger partial charge in [0.2, 0.25) is 0 Å². The molecule has 0 radical (unpaired) electrons. The molecule has 0 saturated heterocycles. The van der Waals surface area contributed by atoms with E-state index in [4.69, 9.17) is 15.0 Å². The highest BCUT2D eigenvalue weighted by atomic mass is 15.0. The molecule has 312 valence electrons. The van der Waals surface area contributed by atoms with Gasteiger partial charge in [0.25, 0.3) is 0 Å². The van der Waals surface area contributed by atoms with E-state index in [0.29, 0.717) is 17.5 Å². The Morgan fingerprint density at radius 1 is 0.239 bits per heavy atom. The highest BCUT2D eigenvalue weighted by Crippen LogP contribution is 2.56. The Morgan fingerprint density at radius 2 is 0.672 bits per heavy atom. The third kappa shape index (κ3) is 6.24. The van der Waals surface area contributed by atoms with Gasteiger partial charge in [0.05, 0.1) is 5.41 Å². The fourth-order valence-corrected chi connectivity index (χ4v) is 10.8. The van der Waals surface area contributed by atoms with E-state index in [9.17, 15) is 0 Å². The van der Waals surface area contributed by atoms with E-state index in [1.165, 1.54) is 66.2 Å². The number of benzene rings is 11. The maximum atomic E-state index is 5.29. The second-order valence-corrected chi connectivity index (χ2v) is 17.4. The van der Waals surface area contributed by atoms with Gasteiger partial charge in [-0.25, -0.2) is 15.0 Å². The molecule has 0 spiro atoms. The largest absolute Gasteiger partial charge is 0.208 e. The van der Waals surface area contributed by atoms with E-state index >= 15 is 0 Å².